The summed E-state index contributed by atoms with van der Waals surface area (Å²) in [6.07, 6.45) is -1.33. The van der Waals surface area contributed by atoms with E-state index in [0.717, 1.165) is 16.9 Å². The van der Waals surface area contributed by atoms with Crippen molar-refractivity contribution >= 4 is 49.6 Å². The van der Waals surface area contributed by atoms with Gasteiger partial charge in [-0.25, -0.2) is 0 Å². The van der Waals surface area contributed by atoms with Crippen molar-refractivity contribution in [3.8, 4) is 11.5 Å². The Bertz CT molecular complexity index is 636. The van der Waals surface area contributed by atoms with E-state index in [1.54, 1.807) is 0 Å². The Hall–Kier alpha value is -0.650. The Labute approximate surface area is 200 Å². The molecule has 5 nitrogen and oxygen atoms in total. The van der Waals surface area contributed by atoms with Crippen LogP contribution >= 0.6 is 49.6 Å². The largest absolute Gasteiger partial charge is 0.491 e. The number of aliphatic hydroxyl groups excluding tert-OH is 3. The van der Waals surface area contributed by atoms with Crippen molar-refractivity contribution in [1.82, 2.24) is 0 Å². The van der Waals surface area contributed by atoms with Gasteiger partial charge in [-0.15, -0.1) is 0 Å². The Morgan fingerprint density at radius 3 is 1.52 bits per heavy atom. The first-order valence-corrected chi connectivity index (χ1v) is 10.4. The molecule has 0 spiro atoms. The van der Waals surface area contributed by atoms with E-state index in [0.29, 0.717) is 10.2 Å². The van der Waals surface area contributed by atoms with Crippen LogP contribution in [0.2, 0.25) is 0 Å². The van der Waals surface area contributed by atoms with E-state index in [4.69, 9.17) is 14.6 Å². The summed E-state index contributed by atoms with van der Waals surface area (Å²) in [7, 11) is 0. The Morgan fingerprint density at radius 1 is 0.793 bits per heavy atom. The first-order valence-electron chi connectivity index (χ1n) is 8.86. The van der Waals surface area contributed by atoms with Crippen LogP contribution < -0.4 is 9.47 Å². The Morgan fingerprint density at radius 2 is 1.17 bits per heavy atom. The Balaban J connectivity index is 0.00000392. The quantitative estimate of drug-likeness (QED) is 0.311. The summed E-state index contributed by atoms with van der Waals surface area (Å²) in [6.45, 7) is 4.33. The molecule has 2 aromatic carbocycles. The highest BCUT2D eigenvalue weighted by Gasteiger charge is 2.23. The van der Waals surface area contributed by atoms with Gasteiger partial charge in [0.15, 0.2) is 0 Å². The third-order valence-electron chi connectivity index (χ3n) is 4.43. The van der Waals surface area contributed by atoms with E-state index in [1.165, 1.54) is 0 Å². The second-order valence-electron chi connectivity index (χ2n) is 6.94. The predicted octanol–water partition coefficient (Wildman–Crippen LogP) is 3.14. The standard InChI is InChI=1S/C21H27IO5.2H2S/c1-21(2,15-3-7-19(8-4-15)26-13-17(24)11-22)16-5-9-20(10-6-16)27-14-18(25)12-23;;/h3-10,17-18,23-25H,11-14H2,1-2H3;2*1H2. The first-order chi connectivity index (χ1) is 12.9. The molecule has 2 atom stereocenters. The van der Waals surface area contributed by atoms with Crippen molar-refractivity contribution in [2.24, 2.45) is 0 Å². The van der Waals surface area contributed by atoms with Crippen molar-refractivity contribution in [3.05, 3.63) is 59.7 Å². The molecule has 2 unspecified atom stereocenters. The lowest BCUT2D eigenvalue weighted by molar-refractivity contribution is 0.0536. The van der Waals surface area contributed by atoms with Crippen molar-refractivity contribution in [3.63, 3.8) is 0 Å². The van der Waals surface area contributed by atoms with Crippen LogP contribution in [0.1, 0.15) is 25.0 Å². The molecular formula is C21H31IO5S2. The molecule has 0 aliphatic heterocycles. The molecule has 0 fully saturated rings. The number of alkyl halides is 1. The molecule has 3 N–H and O–H groups in total. The molecular weight excluding hydrogens is 523 g/mol. The second kappa shape index (κ2) is 13.6. The SMILES string of the molecule is CC(C)(c1ccc(OCC(O)CO)cc1)c1ccc(OCC(O)CI)cc1.S.S. The van der Waals surface area contributed by atoms with E-state index in [1.807, 2.05) is 48.5 Å². The molecule has 0 aliphatic rings. The molecule has 2 rings (SSSR count). The summed E-state index contributed by atoms with van der Waals surface area (Å²) in [4.78, 5) is 0. The number of halogens is 1. The summed E-state index contributed by atoms with van der Waals surface area (Å²) in [6, 6.07) is 15.6. The van der Waals surface area contributed by atoms with Crippen LogP contribution in [0.25, 0.3) is 0 Å². The maximum absolute atomic E-state index is 9.59. The lowest BCUT2D eigenvalue weighted by atomic mass is 9.78. The zero-order valence-corrected chi connectivity index (χ0v) is 20.8. The minimum absolute atomic E-state index is 0. The van der Waals surface area contributed by atoms with Gasteiger partial charge in [0.25, 0.3) is 0 Å². The van der Waals surface area contributed by atoms with Crippen molar-refractivity contribution < 1.29 is 24.8 Å². The zero-order valence-electron chi connectivity index (χ0n) is 16.6. The molecule has 2 aromatic rings. The number of aliphatic hydroxyl groups is 3. The van der Waals surface area contributed by atoms with E-state index in [-0.39, 0.29) is 52.2 Å². The van der Waals surface area contributed by atoms with Crippen molar-refractivity contribution in [2.45, 2.75) is 31.5 Å². The summed E-state index contributed by atoms with van der Waals surface area (Å²) in [5.74, 6) is 1.39. The summed E-state index contributed by atoms with van der Waals surface area (Å²) in [5, 5.41) is 27.8. The van der Waals surface area contributed by atoms with Crippen LogP contribution in [-0.2, 0) is 5.41 Å². The van der Waals surface area contributed by atoms with Crippen LogP contribution in [-0.4, -0.2) is 51.8 Å². The molecule has 0 heterocycles. The van der Waals surface area contributed by atoms with Crippen LogP contribution in [0.3, 0.4) is 0 Å². The zero-order chi connectivity index (χ0) is 19.9. The minimum atomic E-state index is -0.875. The minimum Gasteiger partial charge on any atom is -0.491 e. The highest BCUT2D eigenvalue weighted by atomic mass is 127. The van der Waals surface area contributed by atoms with Crippen LogP contribution in [0.5, 0.6) is 11.5 Å². The summed E-state index contributed by atoms with van der Waals surface area (Å²) >= 11 is 2.13. The van der Waals surface area contributed by atoms with Gasteiger partial charge in [0.1, 0.15) is 30.8 Å². The lowest BCUT2D eigenvalue weighted by Crippen LogP contribution is -2.21. The van der Waals surface area contributed by atoms with Gasteiger partial charge in [-0.1, -0.05) is 60.7 Å². The maximum atomic E-state index is 9.59. The van der Waals surface area contributed by atoms with Crippen molar-refractivity contribution in [1.29, 1.82) is 0 Å². The van der Waals surface area contributed by atoms with Gasteiger partial charge in [-0.3, -0.25) is 0 Å². The number of benzene rings is 2. The fraction of sp³-hybridized carbons (Fsp3) is 0.429. The molecule has 0 saturated carbocycles. The number of rotatable bonds is 10. The second-order valence-corrected chi connectivity index (χ2v) is 7.82. The van der Waals surface area contributed by atoms with E-state index < -0.39 is 12.2 Å². The highest BCUT2D eigenvalue weighted by Crippen LogP contribution is 2.33. The molecule has 0 saturated heterocycles. The molecule has 0 amide bonds. The van der Waals surface area contributed by atoms with Crippen LogP contribution in [0.4, 0.5) is 0 Å². The van der Waals surface area contributed by atoms with E-state index in [9.17, 15) is 10.2 Å². The molecule has 8 heteroatoms. The lowest BCUT2D eigenvalue weighted by Gasteiger charge is -2.26. The van der Waals surface area contributed by atoms with Crippen LogP contribution in [0.15, 0.2) is 48.5 Å². The predicted molar refractivity (Wildman–Crippen MR) is 135 cm³/mol. The molecule has 29 heavy (non-hydrogen) atoms. The van der Waals surface area contributed by atoms with Gasteiger partial charge < -0.3 is 24.8 Å². The third-order valence-corrected chi connectivity index (χ3v) is 5.44. The van der Waals surface area contributed by atoms with Gasteiger partial charge in [-0.2, -0.15) is 27.0 Å². The monoisotopic (exact) mass is 554 g/mol. The fourth-order valence-corrected chi connectivity index (χ4v) is 2.84. The molecule has 0 aliphatic carbocycles. The molecule has 164 valence electrons. The highest BCUT2D eigenvalue weighted by molar-refractivity contribution is 14.1. The topological polar surface area (TPSA) is 79.2 Å². The maximum Gasteiger partial charge on any atom is 0.119 e. The fourth-order valence-electron chi connectivity index (χ4n) is 2.58. The number of hydrogen-bond acceptors (Lipinski definition) is 5. The van der Waals surface area contributed by atoms with Gasteiger partial charge in [0, 0.05) is 9.84 Å². The average molecular weight is 555 g/mol. The van der Waals surface area contributed by atoms with E-state index in [2.05, 4.69) is 36.4 Å². The summed E-state index contributed by atoms with van der Waals surface area (Å²) in [5.41, 5.74) is 2.07. The Kier molecular flexibility index (Phi) is 13.3. The van der Waals surface area contributed by atoms with E-state index >= 15 is 0 Å². The van der Waals surface area contributed by atoms with Gasteiger partial charge in [0.2, 0.25) is 0 Å². The first kappa shape index (κ1) is 28.4. The normalized spacial score (nSPS) is 12.9. The smallest absolute Gasteiger partial charge is 0.119 e. The molecule has 0 bridgehead atoms. The number of hydrogen-bond donors (Lipinski definition) is 3. The third kappa shape index (κ3) is 8.55. The van der Waals surface area contributed by atoms with Gasteiger partial charge >= 0.3 is 0 Å². The average Bonchev–Trinajstić information content (AvgIpc) is 2.70. The van der Waals surface area contributed by atoms with Gasteiger partial charge in [-0.05, 0) is 35.4 Å². The van der Waals surface area contributed by atoms with Gasteiger partial charge in [0.05, 0.1) is 12.7 Å². The molecule has 0 radical (unpaired) electrons. The molecule has 0 aromatic heterocycles. The summed E-state index contributed by atoms with van der Waals surface area (Å²) < 4.78 is 11.7. The van der Waals surface area contributed by atoms with Crippen LogP contribution in [0, 0.1) is 0 Å². The number of ether oxygens (including phenoxy) is 2. The van der Waals surface area contributed by atoms with Crippen molar-refractivity contribution in [2.75, 3.05) is 24.2 Å².